The van der Waals surface area contributed by atoms with E-state index in [0.29, 0.717) is 12.8 Å². The monoisotopic (exact) mass is 775 g/mol. The first-order valence-electron chi connectivity index (χ1n) is 21.0. The van der Waals surface area contributed by atoms with Crippen LogP contribution in [0.5, 0.6) is 0 Å². The van der Waals surface area contributed by atoms with E-state index in [2.05, 4.69) is 86.8 Å². The molecule has 2 unspecified atom stereocenters. The van der Waals surface area contributed by atoms with Crippen molar-refractivity contribution in [2.45, 2.75) is 179 Å². The van der Waals surface area contributed by atoms with E-state index in [-0.39, 0.29) is 26.1 Å². The molecule has 1 fully saturated rings. The van der Waals surface area contributed by atoms with Gasteiger partial charge in [0.05, 0.1) is 13.2 Å². The summed E-state index contributed by atoms with van der Waals surface area (Å²) in [5.74, 6) is -0.865. The highest BCUT2D eigenvalue weighted by molar-refractivity contribution is 5.70. The van der Waals surface area contributed by atoms with Crippen LogP contribution in [0, 0.1) is 0 Å². The van der Waals surface area contributed by atoms with E-state index in [1.54, 1.807) is 0 Å². The molecular formula is C45H74O10. The van der Waals surface area contributed by atoms with Gasteiger partial charge >= 0.3 is 11.9 Å². The zero-order valence-corrected chi connectivity index (χ0v) is 33.9. The van der Waals surface area contributed by atoms with Gasteiger partial charge in [0.25, 0.3) is 0 Å². The Morgan fingerprint density at radius 3 is 1.65 bits per heavy atom. The van der Waals surface area contributed by atoms with Crippen LogP contribution in [0.3, 0.4) is 0 Å². The van der Waals surface area contributed by atoms with E-state index in [1.165, 1.54) is 12.8 Å². The van der Waals surface area contributed by atoms with Crippen molar-refractivity contribution < 1.29 is 49.0 Å². The molecule has 1 rings (SSSR count). The summed E-state index contributed by atoms with van der Waals surface area (Å²) in [7, 11) is 0. The Balaban J connectivity index is 2.38. The van der Waals surface area contributed by atoms with Crippen LogP contribution in [0.1, 0.15) is 142 Å². The van der Waals surface area contributed by atoms with Crippen molar-refractivity contribution >= 4 is 11.9 Å². The topological polar surface area (TPSA) is 152 Å². The number of carbonyl (C=O) groups excluding carboxylic acids is 2. The predicted octanol–water partition coefficient (Wildman–Crippen LogP) is 8.44. The van der Waals surface area contributed by atoms with E-state index in [1.807, 2.05) is 0 Å². The highest BCUT2D eigenvalue weighted by atomic mass is 16.7. The molecule has 0 amide bonds. The van der Waals surface area contributed by atoms with E-state index >= 15 is 0 Å². The van der Waals surface area contributed by atoms with Crippen molar-refractivity contribution in [3.63, 3.8) is 0 Å². The first-order valence-corrected chi connectivity index (χ1v) is 21.0. The predicted molar refractivity (Wildman–Crippen MR) is 219 cm³/mol. The molecule has 0 aliphatic carbocycles. The van der Waals surface area contributed by atoms with Gasteiger partial charge in [-0.1, -0.05) is 125 Å². The van der Waals surface area contributed by atoms with Crippen molar-refractivity contribution in [2.24, 2.45) is 0 Å². The number of hydrogen-bond acceptors (Lipinski definition) is 10. The Morgan fingerprint density at radius 1 is 0.582 bits per heavy atom. The lowest BCUT2D eigenvalue weighted by atomic mass is 9.99. The van der Waals surface area contributed by atoms with Crippen molar-refractivity contribution in [1.29, 1.82) is 0 Å². The molecule has 0 spiro atoms. The quantitative estimate of drug-likeness (QED) is 0.0291. The van der Waals surface area contributed by atoms with Crippen LogP contribution in [0.4, 0.5) is 0 Å². The molecule has 0 aromatic rings. The van der Waals surface area contributed by atoms with Gasteiger partial charge in [-0.2, -0.15) is 0 Å². The molecule has 0 saturated carbocycles. The van der Waals surface area contributed by atoms with Crippen molar-refractivity contribution in [3.05, 3.63) is 72.9 Å². The summed E-state index contributed by atoms with van der Waals surface area (Å²) in [6.45, 7) is 3.20. The highest BCUT2D eigenvalue weighted by Crippen LogP contribution is 2.22. The number of allylic oxidation sites excluding steroid dienone is 12. The van der Waals surface area contributed by atoms with Gasteiger partial charge in [0.2, 0.25) is 0 Å². The average Bonchev–Trinajstić information content (AvgIpc) is 3.18. The molecule has 0 radical (unpaired) electrons. The summed E-state index contributed by atoms with van der Waals surface area (Å²) in [4.78, 5) is 25.2. The fraction of sp³-hybridized carbons (Fsp3) is 0.689. The van der Waals surface area contributed by atoms with Crippen LogP contribution in [-0.4, -0.2) is 89.0 Å². The van der Waals surface area contributed by atoms with Crippen LogP contribution in [0.25, 0.3) is 0 Å². The number of carbonyl (C=O) groups is 2. The molecule has 10 nitrogen and oxygen atoms in total. The third-order valence-corrected chi connectivity index (χ3v) is 9.08. The van der Waals surface area contributed by atoms with E-state index < -0.39 is 55.4 Å². The van der Waals surface area contributed by atoms with Gasteiger partial charge in [0.15, 0.2) is 12.4 Å². The molecule has 1 saturated heterocycles. The van der Waals surface area contributed by atoms with Crippen LogP contribution >= 0.6 is 0 Å². The normalized spacial score (nSPS) is 21.3. The van der Waals surface area contributed by atoms with Gasteiger partial charge in [-0.3, -0.25) is 9.59 Å². The molecule has 6 atom stereocenters. The summed E-state index contributed by atoms with van der Waals surface area (Å²) in [5, 5.41) is 40.0. The zero-order valence-electron chi connectivity index (χ0n) is 33.9. The van der Waals surface area contributed by atoms with E-state index in [9.17, 15) is 30.0 Å². The van der Waals surface area contributed by atoms with Crippen LogP contribution < -0.4 is 0 Å². The summed E-state index contributed by atoms with van der Waals surface area (Å²) in [6.07, 6.45) is 36.3. The minimum atomic E-state index is -1.60. The average molecular weight is 775 g/mol. The Hall–Kier alpha value is -2.86. The van der Waals surface area contributed by atoms with Crippen LogP contribution in [0.15, 0.2) is 72.9 Å². The molecule has 1 aliphatic heterocycles. The second kappa shape index (κ2) is 35.5. The number of rotatable bonds is 33. The second-order valence-corrected chi connectivity index (χ2v) is 14.1. The van der Waals surface area contributed by atoms with Gasteiger partial charge in [-0.15, -0.1) is 0 Å². The lowest BCUT2D eigenvalue weighted by Gasteiger charge is -2.39. The molecule has 0 aromatic carbocycles. The smallest absolute Gasteiger partial charge is 0.306 e. The molecule has 1 heterocycles. The Morgan fingerprint density at radius 2 is 1.07 bits per heavy atom. The van der Waals surface area contributed by atoms with Gasteiger partial charge in [0, 0.05) is 12.8 Å². The number of aliphatic hydroxyl groups excluding tert-OH is 4. The first kappa shape index (κ1) is 50.2. The van der Waals surface area contributed by atoms with Crippen LogP contribution in [0.2, 0.25) is 0 Å². The number of aliphatic hydroxyl groups is 4. The van der Waals surface area contributed by atoms with Gasteiger partial charge in [-0.25, -0.2) is 0 Å². The first-order chi connectivity index (χ1) is 26.8. The minimum absolute atomic E-state index is 0.208. The fourth-order valence-corrected chi connectivity index (χ4v) is 5.72. The molecule has 0 bridgehead atoms. The Bertz CT molecular complexity index is 1120. The number of unbranched alkanes of at least 4 members (excludes halogenated alkanes) is 10. The van der Waals surface area contributed by atoms with Gasteiger partial charge in [-0.05, 0) is 77.0 Å². The minimum Gasteiger partial charge on any atom is -0.462 e. The molecule has 314 valence electrons. The SMILES string of the molecule is CC/C=C/C/C=C/C/C=C/C/C=C/C/C=C/CCCCCC(=O)OC[C@@H](CO[C@H]1O[C@@H](CO)[C@@H](O)C(O)C1O)OC(=O)CCCCCCC/C=C/CCCC. The summed E-state index contributed by atoms with van der Waals surface area (Å²) >= 11 is 0. The Kier molecular flexibility index (Phi) is 32.4. The van der Waals surface area contributed by atoms with E-state index in [0.717, 1.165) is 89.9 Å². The largest absolute Gasteiger partial charge is 0.462 e. The summed E-state index contributed by atoms with van der Waals surface area (Å²) < 4.78 is 22.0. The van der Waals surface area contributed by atoms with Gasteiger partial charge in [0.1, 0.15) is 31.0 Å². The van der Waals surface area contributed by atoms with Crippen molar-refractivity contribution in [1.82, 2.24) is 0 Å². The lowest BCUT2D eigenvalue weighted by Crippen LogP contribution is -2.59. The van der Waals surface area contributed by atoms with Crippen molar-refractivity contribution in [3.8, 4) is 0 Å². The fourth-order valence-electron chi connectivity index (χ4n) is 5.72. The maximum atomic E-state index is 12.7. The number of ether oxygens (including phenoxy) is 4. The molecule has 1 aliphatic rings. The van der Waals surface area contributed by atoms with Gasteiger partial charge < -0.3 is 39.4 Å². The molecule has 10 heteroatoms. The van der Waals surface area contributed by atoms with E-state index in [4.69, 9.17) is 18.9 Å². The zero-order chi connectivity index (χ0) is 40.2. The third-order valence-electron chi connectivity index (χ3n) is 9.08. The molecular weight excluding hydrogens is 700 g/mol. The molecule has 0 aromatic heterocycles. The van der Waals surface area contributed by atoms with Crippen molar-refractivity contribution in [2.75, 3.05) is 19.8 Å². The number of esters is 2. The van der Waals surface area contributed by atoms with Crippen LogP contribution in [-0.2, 0) is 28.5 Å². The Labute approximate surface area is 332 Å². The molecule has 55 heavy (non-hydrogen) atoms. The maximum absolute atomic E-state index is 12.7. The molecule has 4 N–H and O–H groups in total. The summed E-state index contributed by atoms with van der Waals surface area (Å²) in [6, 6.07) is 0. The second-order valence-electron chi connectivity index (χ2n) is 14.1. The lowest BCUT2D eigenvalue weighted by molar-refractivity contribution is -0.305. The third kappa shape index (κ3) is 27.4. The number of hydrogen-bond donors (Lipinski definition) is 4. The highest BCUT2D eigenvalue weighted by Gasteiger charge is 2.44. The summed E-state index contributed by atoms with van der Waals surface area (Å²) in [5.41, 5.74) is 0. The standard InChI is InChI=1S/C45H74O10/c1-3-5-7-9-11-13-15-16-17-18-19-20-21-22-24-25-27-29-31-33-40(47)52-36-38(37-53-45-44(51)43(50)42(49)39(35-46)55-45)54-41(48)34-32-30-28-26-23-14-12-10-8-6-4-2/h5,7,10-13,16-17,19-20,22,24,38-39,42-46,49-51H,3-4,6,8-9,14-15,18,21,23,25-37H2,1-2H3/b7-5+,12-10+,13-11+,17-16+,20-19+,24-22+/t38-,39-,42+,43?,44?,45-/m0/s1. The maximum Gasteiger partial charge on any atom is 0.306 e.